The molecule has 1 amide bonds. The van der Waals surface area contributed by atoms with Crippen molar-refractivity contribution in [2.75, 3.05) is 13.7 Å². The van der Waals surface area contributed by atoms with Gasteiger partial charge in [-0.25, -0.2) is 14.8 Å². The smallest absolute Gasteiger partial charge is 0.412 e. The maximum absolute atomic E-state index is 12.8. The number of amides is 1. The Bertz CT molecular complexity index is 1030. The molecule has 194 valence electrons. The first kappa shape index (κ1) is 29.4. The Balaban J connectivity index is 2.29. The van der Waals surface area contributed by atoms with E-state index in [1.165, 1.54) is 4.90 Å². The van der Waals surface area contributed by atoms with Crippen molar-refractivity contribution >= 4 is 37.6 Å². The Morgan fingerprint density at radius 3 is 2.17 bits per heavy atom. The van der Waals surface area contributed by atoms with E-state index in [0.29, 0.717) is 33.0 Å². The van der Waals surface area contributed by atoms with E-state index in [2.05, 4.69) is 43.8 Å². The molecule has 1 aromatic carbocycles. The molecule has 0 bridgehead atoms. The van der Waals surface area contributed by atoms with Crippen molar-refractivity contribution in [3.8, 4) is 17.1 Å². The number of aromatic nitrogens is 2. The largest absolute Gasteiger partial charge is 0.489 e. The number of rotatable bonds is 7. The van der Waals surface area contributed by atoms with Crippen molar-refractivity contribution in [3.63, 3.8) is 0 Å². The van der Waals surface area contributed by atoms with Crippen molar-refractivity contribution in [1.29, 1.82) is 0 Å². The van der Waals surface area contributed by atoms with Gasteiger partial charge < -0.3 is 13.9 Å². The van der Waals surface area contributed by atoms with Gasteiger partial charge in [0.25, 0.3) is 0 Å². The second-order valence-electron chi connectivity index (χ2n) is 11.0. The third-order valence-electron chi connectivity index (χ3n) is 5.86. The highest BCUT2D eigenvalue weighted by Gasteiger charge is 2.41. The molecule has 10 heteroatoms. The summed E-state index contributed by atoms with van der Waals surface area (Å²) in [5.74, 6) is 0.969. The van der Waals surface area contributed by atoms with Crippen molar-refractivity contribution in [2.45, 2.75) is 78.4 Å². The lowest BCUT2D eigenvalue weighted by Crippen LogP contribution is -2.52. The van der Waals surface area contributed by atoms with Crippen molar-refractivity contribution in [2.24, 2.45) is 0 Å². The van der Waals surface area contributed by atoms with E-state index in [-0.39, 0.29) is 11.6 Å². The number of hydrogen-bond acceptors (Lipinski definition) is 6. The molecule has 0 N–H and O–H groups in total. The van der Waals surface area contributed by atoms with E-state index in [9.17, 15) is 4.79 Å². The lowest BCUT2D eigenvalue weighted by Gasteiger charge is -2.41. The monoisotopic (exact) mass is 541 g/mol. The number of carbonyl (C=O) groups excluding carboxylic acids is 1. The van der Waals surface area contributed by atoms with E-state index < -0.39 is 26.2 Å². The first-order valence-electron chi connectivity index (χ1n) is 11.5. The zero-order valence-corrected chi connectivity index (χ0v) is 24.8. The molecular weight excluding hydrogens is 505 g/mol. The highest BCUT2D eigenvalue weighted by Crippen LogP contribution is 2.38. The topological polar surface area (TPSA) is 73.8 Å². The second kappa shape index (κ2) is 11.0. The molecule has 0 aliphatic rings. The van der Waals surface area contributed by atoms with Gasteiger partial charge in [0.05, 0.1) is 0 Å². The lowest BCUT2D eigenvalue weighted by molar-refractivity contribution is -0.0301. The average Bonchev–Trinajstić information content (AvgIpc) is 2.72. The number of ether oxygens (including phenoxy) is 2. The minimum Gasteiger partial charge on any atom is -0.489 e. The van der Waals surface area contributed by atoms with Gasteiger partial charge in [0.2, 0.25) is 0 Å². The van der Waals surface area contributed by atoms with E-state index in [1.54, 1.807) is 20.0 Å². The fourth-order valence-corrected chi connectivity index (χ4v) is 4.33. The highest BCUT2D eigenvalue weighted by molar-refractivity contribution is 6.74. The van der Waals surface area contributed by atoms with Crippen LogP contribution in [0.4, 0.5) is 4.79 Å². The van der Waals surface area contributed by atoms with E-state index in [4.69, 9.17) is 37.1 Å². The molecule has 1 heterocycles. The summed E-state index contributed by atoms with van der Waals surface area (Å²) in [6.07, 6.45) is -1.12. The van der Waals surface area contributed by atoms with Gasteiger partial charge in [0, 0.05) is 18.2 Å². The van der Waals surface area contributed by atoms with Gasteiger partial charge in [-0.2, -0.15) is 0 Å². The van der Waals surface area contributed by atoms with E-state index >= 15 is 0 Å². The van der Waals surface area contributed by atoms with Crippen molar-refractivity contribution in [1.82, 2.24) is 14.9 Å². The molecule has 0 spiro atoms. The van der Waals surface area contributed by atoms with Gasteiger partial charge in [0.15, 0.2) is 20.4 Å². The van der Waals surface area contributed by atoms with Crippen molar-refractivity contribution in [3.05, 3.63) is 40.1 Å². The van der Waals surface area contributed by atoms with Crippen molar-refractivity contribution < 1.29 is 18.7 Å². The summed E-state index contributed by atoms with van der Waals surface area (Å²) in [6, 6.07) is 7.30. The minimum absolute atomic E-state index is 0.0543. The Labute approximate surface area is 220 Å². The fraction of sp³-hybridized carbons (Fsp3) is 0.560. The fourth-order valence-electron chi connectivity index (χ4n) is 2.68. The van der Waals surface area contributed by atoms with E-state index in [1.807, 2.05) is 39.0 Å². The standard InChI is InChI=1S/C25H37Cl2N3O4Si/c1-16-20(26)28-22(29-21(16)27)17-12-11-13-18(14-17)32-15-19(34-35(9,10)25(5,6)7)30(8)23(31)33-24(2,3)4/h11-14,19H,15H2,1-10H3. The van der Waals surface area contributed by atoms with Gasteiger partial charge in [-0.15, -0.1) is 0 Å². The minimum atomic E-state index is -2.23. The summed E-state index contributed by atoms with van der Waals surface area (Å²) in [6.45, 7) is 18.1. The molecule has 0 saturated carbocycles. The summed E-state index contributed by atoms with van der Waals surface area (Å²) < 4.78 is 18.2. The first-order valence-corrected chi connectivity index (χ1v) is 15.1. The Kier molecular flexibility index (Phi) is 9.25. The Hall–Kier alpha value is -1.87. The maximum atomic E-state index is 12.8. The molecular formula is C25H37Cl2N3O4Si. The average molecular weight is 543 g/mol. The number of halogens is 2. The number of hydrogen-bond donors (Lipinski definition) is 0. The molecule has 0 aliphatic carbocycles. The van der Waals surface area contributed by atoms with Crippen LogP contribution in [0, 0.1) is 6.92 Å². The number of likely N-dealkylation sites (N-methyl/N-ethyl adjacent to an activating group) is 1. The van der Waals surface area contributed by atoms with Crippen LogP contribution in [0.5, 0.6) is 5.75 Å². The normalized spacial score (nSPS) is 13.4. The molecule has 0 fully saturated rings. The van der Waals surface area contributed by atoms with Crippen LogP contribution >= 0.6 is 23.2 Å². The molecule has 0 radical (unpaired) electrons. The molecule has 1 atom stereocenters. The van der Waals surface area contributed by atoms with Crippen LogP contribution in [0.3, 0.4) is 0 Å². The summed E-state index contributed by atoms with van der Waals surface area (Å²) in [7, 11) is -0.571. The zero-order valence-electron chi connectivity index (χ0n) is 22.3. The lowest BCUT2D eigenvalue weighted by atomic mass is 10.2. The molecule has 1 unspecified atom stereocenters. The third kappa shape index (κ3) is 8.07. The second-order valence-corrected chi connectivity index (χ2v) is 16.5. The van der Waals surface area contributed by atoms with Gasteiger partial charge in [-0.05, 0) is 58.0 Å². The van der Waals surface area contributed by atoms with Gasteiger partial charge in [-0.3, -0.25) is 4.90 Å². The van der Waals surface area contributed by atoms with Crippen LogP contribution in [0.1, 0.15) is 47.1 Å². The van der Waals surface area contributed by atoms with Crippen LogP contribution < -0.4 is 4.74 Å². The van der Waals surface area contributed by atoms with Gasteiger partial charge in [-0.1, -0.05) is 56.1 Å². The maximum Gasteiger partial charge on any atom is 0.412 e. The first-order chi connectivity index (χ1) is 15.9. The third-order valence-corrected chi connectivity index (χ3v) is 11.1. The SMILES string of the molecule is Cc1c(Cl)nc(-c2cccc(OCC(O[Si](C)(C)C(C)(C)C)N(C)C(=O)OC(C)(C)C)c2)nc1Cl. The molecule has 0 saturated heterocycles. The highest BCUT2D eigenvalue weighted by atomic mass is 35.5. The summed E-state index contributed by atoms with van der Waals surface area (Å²) in [4.78, 5) is 22.9. The van der Waals surface area contributed by atoms with E-state index in [0.717, 1.165) is 0 Å². The number of carbonyl (C=O) groups is 1. The molecule has 1 aromatic heterocycles. The van der Waals surface area contributed by atoms with Gasteiger partial charge in [0.1, 0.15) is 28.3 Å². The molecule has 0 aliphatic heterocycles. The van der Waals surface area contributed by atoms with Crippen LogP contribution in [0.15, 0.2) is 24.3 Å². The summed E-state index contributed by atoms with van der Waals surface area (Å²) in [5, 5.41) is 0.544. The Morgan fingerprint density at radius 2 is 1.66 bits per heavy atom. The molecule has 7 nitrogen and oxygen atoms in total. The summed E-state index contributed by atoms with van der Waals surface area (Å²) in [5.41, 5.74) is 0.701. The van der Waals surface area contributed by atoms with Crippen LogP contribution in [0.25, 0.3) is 11.4 Å². The van der Waals surface area contributed by atoms with Crippen LogP contribution in [0.2, 0.25) is 28.4 Å². The molecule has 2 aromatic rings. The predicted octanol–water partition coefficient (Wildman–Crippen LogP) is 7.35. The Morgan fingerprint density at radius 1 is 1.09 bits per heavy atom. The quantitative estimate of drug-likeness (QED) is 0.207. The van der Waals surface area contributed by atoms with Crippen LogP contribution in [-0.4, -0.2) is 54.8 Å². The predicted molar refractivity (Wildman–Crippen MR) is 144 cm³/mol. The zero-order chi connectivity index (χ0) is 26.8. The van der Waals surface area contributed by atoms with Crippen LogP contribution in [-0.2, 0) is 9.16 Å². The summed E-state index contributed by atoms with van der Waals surface area (Å²) >= 11 is 12.4. The number of benzene rings is 1. The number of nitrogens with zero attached hydrogens (tertiary/aromatic N) is 3. The van der Waals surface area contributed by atoms with Gasteiger partial charge >= 0.3 is 6.09 Å². The molecule has 2 rings (SSSR count). The molecule has 35 heavy (non-hydrogen) atoms.